The van der Waals surface area contributed by atoms with Crippen LogP contribution in [0, 0.1) is 18.3 Å². The number of rotatable bonds is 4. The molecule has 0 spiro atoms. The minimum Gasteiger partial charge on any atom is -0.373 e. The highest BCUT2D eigenvalue weighted by Gasteiger charge is 2.10. The molecule has 5 heteroatoms. The zero-order valence-electron chi connectivity index (χ0n) is 11.9. The SMILES string of the molecule is CCc1nc(NC)c(C)c(Nc2ccccc2C#N)n1. The number of hydrogen-bond acceptors (Lipinski definition) is 5. The first-order valence-electron chi connectivity index (χ1n) is 6.51. The molecule has 0 fully saturated rings. The molecule has 0 saturated carbocycles. The first-order chi connectivity index (χ1) is 9.69. The molecule has 2 rings (SSSR count). The molecular weight excluding hydrogens is 250 g/mol. The number of para-hydroxylation sites is 1. The van der Waals surface area contributed by atoms with E-state index in [-0.39, 0.29) is 0 Å². The second kappa shape index (κ2) is 6.02. The number of benzene rings is 1. The van der Waals surface area contributed by atoms with Crippen LogP contribution in [-0.2, 0) is 6.42 Å². The predicted molar refractivity (Wildman–Crippen MR) is 80.1 cm³/mol. The third-order valence-corrected chi connectivity index (χ3v) is 3.05. The van der Waals surface area contributed by atoms with E-state index in [1.807, 2.05) is 39.1 Å². The van der Waals surface area contributed by atoms with Crippen LogP contribution in [0.3, 0.4) is 0 Å². The summed E-state index contributed by atoms with van der Waals surface area (Å²) in [6.07, 6.45) is 0.754. The number of hydrogen-bond donors (Lipinski definition) is 2. The highest BCUT2D eigenvalue weighted by Crippen LogP contribution is 2.25. The van der Waals surface area contributed by atoms with E-state index in [9.17, 15) is 0 Å². The maximum atomic E-state index is 9.13. The summed E-state index contributed by atoms with van der Waals surface area (Å²) >= 11 is 0. The number of anilines is 3. The van der Waals surface area contributed by atoms with E-state index >= 15 is 0 Å². The Morgan fingerprint density at radius 2 is 1.90 bits per heavy atom. The number of aryl methyl sites for hydroxylation is 1. The van der Waals surface area contributed by atoms with Gasteiger partial charge in [0.1, 0.15) is 23.5 Å². The van der Waals surface area contributed by atoms with Gasteiger partial charge in [0, 0.05) is 19.0 Å². The molecule has 0 saturated heterocycles. The summed E-state index contributed by atoms with van der Waals surface area (Å²) in [5.74, 6) is 2.29. The van der Waals surface area contributed by atoms with Crippen molar-refractivity contribution in [1.82, 2.24) is 9.97 Å². The van der Waals surface area contributed by atoms with E-state index in [0.717, 1.165) is 35.1 Å². The molecule has 1 aromatic carbocycles. The van der Waals surface area contributed by atoms with Gasteiger partial charge in [0.2, 0.25) is 0 Å². The normalized spacial score (nSPS) is 9.90. The van der Waals surface area contributed by atoms with E-state index in [4.69, 9.17) is 5.26 Å². The molecular formula is C15H17N5. The van der Waals surface area contributed by atoms with E-state index < -0.39 is 0 Å². The molecule has 2 aromatic rings. The van der Waals surface area contributed by atoms with Crippen LogP contribution in [0.25, 0.3) is 0 Å². The summed E-state index contributed by atoms with van der Waals surface area (Å²) in [6.45, 7) is 3.96. The van der Waals surface area contributed by atoms with E-state index in [1.54, 1.807) is 6.07 Å². The van der Waals surface area contributed by atoms with Crippen molar-refractivity contribution in [3.05, 3.63) is 41.2 Å². The van der Waals surface area contributed by atoms with Gasteiger partial charge in [-0.25, -0.2) is 9.97 Å². The lowest BCUT2D eigenvalue weighted by Crippen LogP contribution is -2.07. The smallest absolute Gasteiger partial charge is 0.139 e. The molecule has 5 nitrogen and oxygen atoms in total. The summed E-state index contributed by atoms with van der Waals surface area (Å²) in [4.78, 5) is 8.93. The highest BCUT2D eigenvalue weighted by atomic mass is 15.1. The summed E-state index contributed by atoms with van der Waals surface area (Å²) in [7, 11) is 1.84. The van der Waals surface area contributed by atoms with Gasteiger partial charge in [0.05, 0.1) is 11.3 Å². The van der Waals surface area contributed by atoms with Crippen molar-refractivity contribution >= 4 is 17.3 Å². The Labute approximate surface area is 118 Å². The van der Waals surface area contributed by atoms with Crippen molar-refractivity contribution < 1.29 is 0 Å². The van der Waals surface area contributed by atoms with Gasteiger partial charge in [0.25, 0.3) is 0 Å². The average molecular weight is 267 g/mol. The predicted octanol–water partition coefficient (Wildman–Crippen LogP) is 3.00. The summed E-state index contributed by atoms with van der Waals surface area (Å²) in [5, 5.41) is 15.4. The van der Waals surface area contributed by atoms with Gasteiger partial charge in [-0.1, -0.05) is 19.1 Å². The van der Waals surface area contributed by atoms with Crippen LogP contribution in [-0.4, -0.2) is 17.0 Å². The van der Waals surface area contributed by atoms with Gasteiger partial charge in [-0.2, -0.15) is 5.26 Å². The quantitative estimate of drug-likeness (QED) is 0.890. The lowest BCUT2D eigenvalue weighted by Gasteiger charge is -2.14. The molecule has 0 atom stereocenters. The van der Waals surface area contributed by atoms with Crippen LogP contribution in [0.15, 0.2) is 24.3 Å². The Kier molecular flexibility index (Phi) is 4.16. The molecule has 0 aliphatic rings. The molecule has 102 valence electrons. The van der Waals surface area contributed by atoms with E-state index in [1.165, 1.54) is 0 Å². The van der Waals surface area contributed by atoms with Crippen molar-refractivity contribution in [3.63, 3.8) is 0 Å². The fraction of sp³-hybridized carbons (Fsp3) is 0.267. The van der Waals surface area contributed by atoms with Crippen LogP contribution >= 0.6 is 0 Å². The third kappa shape index (κ3) is 2.69. The molecule has 1 aromatic heterocycles. The minimum absolute atomic E-state index is 0.592. The first kappa shape index (κ1) is 13.8. The van der Waals surface area contributed by atoms with Crippen molar-refractivity contribution in [3.8, 4) is 6.07 Å². The third-order valence-electron chi connectivity index (χ3n) is 3.05. The number of nitrogens with zero attached hydrogens (tertiary/aromatic N) is 3. The zero-order valence-corrected chi connectivity index (χ0v) is 11.9. The van der Waals surface area contributed by atoms with Crippen molar-refractivity contribution in [2.45, 2.75) is 20.3 Å². The molecule has 20 heavy (non-hydrogen) atoms. The summed E-state index contributed by atoms with van der Waals surface area (Å²) in [6, 6.07) is 9.54. The monoisotopic (exact) mass is 267 g/mol. The van der Waals surface area contributed by atoms with Crippen LogP contribution in [0.5, 0.6) is 0 Å². The van der Waals surface area contributed by atoms with Gasteiger partial charge < -0.3 is 10.6 Å². The van der Waals surface area contributed by atoms with E-state index in [2.05, 4.69) is 26.7 Å². The molecule has 0 amide bonds. The number of aromatic nitrogens is 2. The maximum absolute atomic E-state index is 9.13. The van der Waals surface area contributed by atoms with Crippen molar-refractivity contribution in [1.29, 1.82) is 5.26 Å². The largest absolute Gasteiger partial charge is 0.373 e. The molecule has 0 bridgehead atoms. The molecule has 2 N–H and O–H groups in total. The zero-order chi connectivity index (χ0) is 14.5. The van der Waals surface area contributed by atoms with Crippen LogP contribution in [0.2, 0.25) is 0 Å². The number of nitrogens with one attached hydrogen (secondary N) is 2. The van der Waals surface area contributed by atoms with Gasteiger partial charge in [0.15, 0.2) is 0 Å². The fourth-order valence-electron chi connectivity index (χ4n) is 1.90. The fourth-order valence-corrected chi connectivity index (χ4v) is 1.90. The topological polar surface area (TPSA) is 73.6 Å². The lowest BCUT2D eigenvalue weighted by atomic mass is 10.2. The van der Waals surface area contributed by atoms with Crippen molar-refractivity contribution in [2.75, 3.05) is 17.7 Å². The van der Waals surface area contributed by atoms with Crippen molar-refractivity contribution in [2.24, 2.45) is 0 Å². The molecule has 0 aliphatic carbocycles. The summed E-state index contributed by atoms with van der Waals surface area (Å²) < 4.78 is 0. The second-order valence-corrected chi connectivity index (χ2v) is 4.35. The van der Waals surface area contributed by atoms with Crippen LogP contribution in [0.4, 0.5) is 17.3 Å². The van der Waals surface area contributed by atoms with E-state index in [0.29, 0.717) is 5.56 Å². The Balaban J connectivity index is 2.45. The number of nitriles is 1. The van der Waals surface area contributed by atoms with Crippen LogP contribution < -0.4 is 10.6 Å². The lowest BCUT2D eigenvalue weighted by molar-refractivity contribution is 0.935. The summed E-state index contributed by atoms with van der Waals surface area (Å²) in [5.41, 5.74) is 2.27. The van der Waals surface area contributed by atoms with Gasteiger partial charge >= 0.3 is 0 Å². The van der Waals surface area contributed by atoms with Gasteiger partial charge in [-0.05, 0) is 19.1 Å². The molecule has 0 radical (unpaired) electrons. The first-order valence-corrected chi connectivity index (χ1v) is 6.51. The Morgan fingerprint density at radius 3 is 2.55 bits per heavy atom. The second-order valence-electron chi connectivity index (χ2n) is 4.35. The Morgan fingerprint density at radius 1 is 1.20 bits per heavy atom. The van der Waals surface area contributed by atoms with Gasteiger partial charge in [-0.3, -0.25) is 0 Å². The highest BCUT2D eigenvalue weighted by molar-refractivity contribution is 5.68. The Hall–Kier alpha value is -2.61. The van der Waals surface area contributed by atoms with Crippen LogP contribution in [0.1, 0.15) is 23.9 Å². The molecule has 0 aliphatic heterocycles. The standard InChI is InChI=1S/C15H17N5/c1-4-13-19-14(17-3)10(2)15(20-13)18-12-8-6-5-7-11(12)9-16/h5-8H,4H2,1-3H3,(H2,17,18,19,20). The average Bonchev–Trinajstić information content (AvgIpc) is 2.49. The van der Waals surface area contributed by atoms with Gasteiger partial charge in [-0.15, -0.1) is 0 Å². The molecule has 1 heterocycles. The minimum atomic E-state index is 0.592. The molecule has 0 unspecified atom stereocenters. The Bertz CT molecular complexity index is 658. The maximum Gasteiger partial charge on any atom is 0.139 e.